The van der Waals surface area contributed by atoms with E-state index in [9.17, 15) is 4.79 Å². The third-order valence-electron chi connectivity index (χ3n) is 1.55. The van der Waals surface area contributed by atoms with Gasteiger partial charge in [-0.25, -0.2) is 0 Å². The standard InChI is InChI=1S/C11H12O2/c1-8(2)6-9-4-3-5-10(12)11(13)7-9/h3-7H,1-2H3,(H,12,13). The highest BCUT2D eigenvalue weighted by atomic mass is 16.3. The average molecular weight is 176 g/mol. The predicted octanol–water partition coefficient (Wildman–Crippen LogP) is 2.18. The molecule has 2 nitrogen and oxygen atoms in total. The highest BCUT2D eigenvalue weighted by molar-refractivity contribution is 5.51. The SMILES string of the molecule is CC(C)=Cc1cccc(O)c(=O)c1. The lowest BCUT2D eigenvalue weighted by Crippen LogP contribution is -1.93. The molecule has 0 amide bonds. The Kier molecular flexibility index (Phi) is 2.85. The molecule has 0 aliphatic heterocycles. The van der Waals surface area contributed by atoms with Gasteiger partial charge in [0.15, 0.2) is 5.75 Å². The molecule has 1 N–H and O–H groups in total. The van der Waals surface area contributed by atoms with Crippen molar-refractivity contribution >= 4 is 6.08 Å². The second-order valence-corrected chi connectivity index (χ2v) is 3.14. The van der Waals surface area contributed by atoms with Gasteiger partial charge < -0.3 is 5.11 Å². The van der Waals surface area contributed by atoms with Crippen molar-refractivity contribution in [1.29, 1.82) is 0 Å². The van der Waals surface area contributed by atoms with Gasteiger partial charge in [0.2, 0.25) is 5.43 Å². The van der Waals surface area contributed by atoms with Crippen LogP contribution in [0.25, 0.3) is 6.08 Å². The van der Waals surface area contributed by atoms with Gasteiger partial charge in [0.1, 0.15) is 0 Å². The molecule has 0 aliphatic carbocycles. The average Bonchev–Trinajstić information content (AvgIpc) is 2.14. The first-order valence-corrected chi connectivity index (χ1v) is 4.08. The van der Waals surface area contributed by atoms with Crippen LogP contribution < -0.4 is 5.43 Å². The van der Waals surface area contributed by atoms with Crippen molar-refractivity contribution in [3.8, 4) is 5.75 Å². The van der Waals surface area contributed by atoms with Gasteiger partial charge in [-0.2, -0.15) is 0 Å². The summed E-state index contributed by atoms with van der Waals surface area (Å²) in [4.78, 5) is 11.1. The topological polar surface area (TPSA) is 37.3 Å². The molecular formula is C11H12O2. The molecule has 13 heavy (non-hydrogen) atoms. The first-order chi connectivity index (χ1) is 6.09. The molecule has 1 rings (SSSR count). The van der Waals surface area contributed by atoms with Gasteiger partial charge in [-0.15, -0.1) is 0 Å². The Balaban J connectivity index is 3.30. The molecule has 2 heteroatoms. The number of rotatable bonds is 1. The fraction of sp³-hybridized carbons (Fsp3) is 0.182. The fourth-order valence-corrected chi connectivity index (χ4v) is 1.03. The van der Waals surface area contributed by atoms with Crippen LogP contribution in [0, 0.1) is 0 Å². The summed E-state index contributed by atoms with van der Waals surface area (Å²) in [5, 5.41) is 9.10. The molecule has 0 fully saturated rings. The Labute approximate surface area is 77.2 Å². The van der Waals surface area contributed by atoms with E-state index in [0.717, 1.165) is 11.1 Å². The largest absolute Gasteiger partial charge is 0.504 e. The van der Waals surface area contributed by atoms with E-state index in [0.29, 0.717) is 0 Å². The number of hydrogen-bond donors (Lipinski definition) is 1. The molecule has 0 unspecified atom stereocenters. The van der Waals surface area contributed by atoms with Crippen molar-refractivity contribution in [1.82, 2.24) is 0 Å². The van der Waals surface area contributed by atoms with E-state index < -0.39 is 0 Å². The molecule has 1 aromatic rings. The van der Waals surface area contributed by atoms with Crippen molar-refractivity contribution in [2.75, 3.05) is 0 Å². The third kappa shape index (κ3) is 2.75. The molecule has 0 aliphatic rings. The van der Waals surface area contributed by atoms with E-state index in [2.05, 4.69) is 0 Å². The Morgan fingerprint density at radius 1 is 1.38 bits per heavy atom. The van der Waals surface area contributed by atoms with Crippen LogP contribution in [0.2, 0.25) is 0 Å². The molecule has 68 valence electrons. The maximum atomic E-state index is 11.1. The van der Waals surface area contributed by atoms with Gasteiger partial charge in [-0.05, 0) is 31.5 Å². The maximum absolute atomic E-state index is 11.1. The molecular weight excluding hydrogens is 164 g/mol. The van der Waals surface area contributed by atoms with E-state index in [1.165, 1.54) is 12.1 Å². The maximum Gasteiger partial charge on any atom is 0.220 e. The summed E-state index contributed by atoms with van der Waals surface area (Å²) >= 11 is 0. The van der Waals surface area contributed by atoms with Crippen molar-refractivity contribution in [2.24, 2.45) is 0 Å². The zero-order valence-electron chi connectivity index (χ0n) is 7.74. The first-order valence-electron chi connectivity index (χ1n) is 4.08. The Morgan fingerprint density at radius 2 is 2.08 bits per heavy atom. The van der Waals surface area contributed by atoms with Gasteiger partial charge >= 0.3 is 0 Å². The Hall–Kier alpha value is -1.57. The van der Waals surface area contributed by atoms with E-state index in [1.54, 1.807) is 12.1 Å². The smallest absolute Gasteiger partial charge is 0.220 e. The van der Waals surface area contributed by atoms with Gasteiger partial charge in [0.05, 0.1) is 0 Å². The molecule has 0 heterocycles. The summed E-state index contributed by atoms with van der Waals surface area (Å²) in [6.07, 6.45) is 1.89. The van der Waals surface area contributed by atoms with Crippen molar-refractivity contribution < 1.29 is 5.11 Å². The van der Waals surface area contributed by atoms with E-state index in [-0.39, 0.29) is 11.2 Å². The van der Waals surface area contributed by atoms with Crippen LogP contribution in [-0.2, 0) is 0 Å². The summed E-state index contributed by atoms with van der Waals surface area (Å²) < 4.78 is 0. The Morgan fingerprint density at radius 3 is 2.69 bits per heavy atom. The summed E-state index contributed by atoms with van der Waals surface area (Å²) in [5.74, 6) is -0.214. The predicted molar refractivity (Wildman–Crippen MR) is 53.7 cm³/mol. The minimum Gasteiger partial charge on any atom is -0.504 e. The Bertz CT molecular complexity index is 388. The minimum absolute atomic E-state index is 0.214. The molecule has 1 aromatic carbocycles. The van der Waals surface area contributed by atoms with Crippen LogP contribution >= 0.6 is 0 Å². The normalized spacial score (nSPS) is 9.38. The van der Waals surface area contributed by atoms with Gasteiger partial charge in [0, 0.05) is 0 Å². The lowest BCUT2D eigenvalue weighted by Gasteiger charge is -1.87. The highest BCUT2D eigenvalue weighted by Gasteiger charge is 1.93. The fourth-order valence-electron chi connectivity index (χ4n) is 1.03. The molecule has 0 saturated heterocycles. The zero-order valence-corrected chi connectivity index (χ0v) is 7.74. The lowest BCUT2D eigenvalue weighted by atomic mass is 10.2. The molecule has 0 atom stereocenters. The second-order valence-electron chi connectivity index (χ2n) is 3.14. The van der Waals surface area contributed by atoms with Crippen LogP contribution in [0.15, 0.2) is 34.6 Å². The quantitative estimate of drug-likeness (QED) is 0.712. The second kappa shape index (κ2) is 3.90. The van der Waals surface area contributed by atoms with Crippen molar-refractivity contribution in [2.45, 2.75) is 13.8 Å². The lowest BCUT2D eigenvalue weighted by molar-refractivity contribution is 0.471. The van der Waals surface area contributed by atoms with Crippen LogP contribution in [0.3, 0.4) is 0 Å². The van der Waals surface area contributed by atoms with Crippen LogP contribution in [-0.4, -0.2) is 5.11 Å². The molecule has 0 aromatic heterocycles. The van der Waals surface area contributed by atoms with E-state index in [1.807, 2.05) is 19.9 Å². The van der Waals surface area contributed by atoms with Gasteiger partial charge in [0.25, 0.3) is 0 Å². The van der Waals surface area contributed by atoms with E-state index in [4.69, 9.17) is 5.11 Å². The first kappa shape index (κ1) is 9.52. The highest BCUT2D eigenvalue weighted by Crippen LogP contribution is 2.05. The van der Waals surface area contributed by atoms with Crippen LogP contribution in [0.1, 0.15) is 19.4 Å². The monoisotopic (exact) mass is 176 g/mol. The number of allylic oxidation sites excluding steroid dienone is 1. The molecule has 0 bridgehead atoms. The third-order valence-corrected chi connectivity index (χ3v) is 1.55. The van der Waals surface area contributed by atoms with Gasteiger partial charge in [-0.1, -0.05) is 23.8 Å². The number of hydrogen-bond acceptors (Lipinski definition) is 2. The van der Waals surface area contributed by atoms with Crippen LogP contribution in [0.5, 0.6) is 5.75 Å². The van der Waals surface area contributed by atoms with Crippen molar-refractivity contribution in [3.63, 3.8) is 0 Å². The van der Waals surface area contributed by atoms with Gasteiger partial charge in [-0.3, -0.25) is 4.79 Å². The number of aromatic hydroxyl groups is 1. The zero-order chi connectivity index (χ0) is 9.84. The summed E-state index contributed by atoms with van der Waals surface area (Å²) in [7, 11) is 0. The summed E-state index contributed by atoms with van der Waals surface area (Å²) in [5.41, 5.74) is 1.58. The molecule has 0 spiro atoms. The van der Waals surface area contributed by atoms with Crippen molar-refractivity contribution in [3.05, 3.63) is 45.6 Å². The summed E-state index contributed by atoms with van der Waals surface area (Å²) in [6, 6.07) is 6.26. The van der Waals surface area contributed by atoms with E-state index >= 15 is 0 Å². The molecule has 0 radical (unpaired) electrons. The minimum atomic E-state index is -0.350. The molecule has 0 saturated carbocycles. The summed E-state index contributed by atoms with van der Waals surface area (Å²) in [6.45, 7) is 3.91. The van der Waals surface area contributed by atoms with Crippen LogP contribution in [0.4, 0.5) is 0 Å².